The summed E-state index contributed by atoms with van der Waals surface area (Å²) in [6.45, 7) is 2.20. The van der Waals surface area contributed by atoms with Crippen molar-refractivity contribution in [3.63, 3.8) is 0 Å². The fourth-order valence-corrected chi connectivity index (χ4v) is 7.20. The molecule has 1 aromatic rings. The molecular formula is C23H32N2O2. The van der Waals surface area contributed by atoms with Gasteiger partial charge in [0.05, 0.1) is 11.5 Å². The van der Waals surface area contributed by atoms with Crippen molar-refractivity contribution in [2.24, 2.45) is 23.2 Å². The summed E-state index contributed by atoms with van der Waals surface area (Å²) < 4.78 is 0. The van der Waals surface area contributed by atoms with Crippen LogP contribution in [0.4, 0.5) is 0 Å². The monoisotopic (exact) mass is 368 g/mol. The zero-order valence-corrected chi connectivity index (χ0v) is 16.1. The molecular weight excluding hydrogens is 336 g/mol. The molecule has 5 fully saturated rings. The topological polar surface area (TPSA) is 61.4 Å². The first-order chi connectivity index (χ1) is 13.1. The zero-order valence-electron chi connectivity index (χ0n) is 16.1. The van der Waals surface area contributed by atoms with E-state index in [9.17, 15) is 9.90 Å². The highest BCUT2D eigenvalue weighted by molar-refractivity contribution is 5.83. The molecule has 0 aromatic heterocycles. The van der Waals surface area contributed by atoms with Gasteiger partial charge in [-0.15, -0.1) is 0 Å². The molecule has 1 aromatic carbocycles. The molecule has 4 saturated carbocycles. The minimum atomic E-state index is -0.342. The van der Waals surface area contributed by atoms with Crippen LogP contribution in [0.1, 0.15) is 50.5 Å². The maximum Gasteiger partial charge on any atom is 0.226 e. The quantitative estimate of drug-likeness (QED) is 0.766. The number of carbonyl (C=O) groups excluding carboxylic acids is 1. The number of hydrogen-bond donors (Lipinski definition) is 3. The van der Waals surface area contributed by atoms with Gasteiger partial charge in [0, 0.05) is 19.0 Å². The van der Waals surface area contributed by atoms with E-state index < -0.39 is 0 Å². The smallest absolute Gasteiger partial charge is 0.226 e. The number of amides is 1. The Kier molecular flexibility index (Phi) is 4.32. The highest BCUT2D eigenvalue weighted by Gasteiger charge is 2.60. The predicted molar refractivity (Wildman–Crippen MR) is 105 cm³/mol. The molecule has 4 bridgehead atoms. The van der Waals surface area contributed by atoms with Crippen molar-refractivity contribution in [3.05, 3.63) is 35.9 Å². The zero-order chi connectivity index (χ0) is 18.5. The SMILES string of the molecule is O=C(NC[C@@H]1CCNC[C@H]1O)C12C[C@@H]3C[C@@H](C1)CC(c1ccccc1)(C3)C2. The second-order valence-corrected chi connectivity index (χ2v) is 9.92. The number of carbonyl (C=O) groups is 1. The lowest BCUT2D eigenvalue weighted by Gasteiger charge is -2.61. The fourth-order valence-electron chi connectivity index (χ4n) is 7.20. The van der Waals surface area contributed by atoms with Crippen LogP contribution in [0.15, 0.2) is 30.3 Å². The Morgan fingerprint density at radius 2 is 1.89 bits per heavy atom. The van der Waals surface area contributed by atoms with Crippen LogP contribution in [0.2, 0.25) is 0 Å². The van der Waals surface area contributed by atoms with E-state index in [0.717, 1.165) is 32.2 Å². The van der Waals surface area contributed by atoms with Crippen molar-refractivity contribution < 1.29 is 9.90 Å². The van der Waals surface area contributed by atoms with Crippen molar-refractivity contribution in [1.29, 1.82) is 0 Å². The number of aliphatic hydroxyl groups excluding tert-OH is 1. The number of piperidine rings is 1. The maximum absolute atomic E-state index is 13.4. The first kappa shape index (κ1) is 17.7. The third kappa shape index (κ3) is 3.01. The maximum atomic E-state index is 13.4. The summed E-state index contributed by atoms with van der Waals surface area (Å²) in [6, 6.07) is 11.0. The van der Waals surface area contributed by atoms with Crippen LogP contribution in [-0.4, -0.2) is 36.8 Å². The second kappa shape index (κ2) is 6.59. The van der Waals surface area contributed by atoms with E-state index in [1.54, 1.807) is 0 Å². The largest absolute Gasteiger partial charge is 0.391 e. The number of benzene rings is 1. The van der Waals surface area contributed by atoms with Crippen molar-refractivity contribution in [2.75, 3.05) is 19.6 Å². The summed E-state index contributed by atoms with van der Waals surface area (Å²) in [5.74, 6) is 1.85. The molecule has 6 rings (SSSR count). The Morgan fingerprint density at radius 3 is 2.59 bits per heavy atom. The summed E-state index contributed by atoms with van der Waals surface area (Å²) >= 11 is 0. The molecule has 4 atom stereocenters. The van der Waals surface area contributed by atoms with Gasteiger partial charge in [0.15, 0.2) is 0 Å². The average molecular weight is 369 g/mol. The number of aliphatic hydroxyl groups is 1. The molecule has 1 saturated heterocycles. The Bertz CT molecular complexity index is 690. The van der Waals surface area contributed by atoms with E-state index in [2.05, 4.69) is 41.0 Å². The molecule has 1 heterocycles. The third-order valence-corrected chi connectivity index (χ3v) is 8.04. The van der Waals surface area contributed by atoms with Crippen LogP contribution in [0, 0.1) is 23.2 Å². The van der Waals surface area contributed by atoms with Crippen molar-refractivity contribution in [1.82, 2.24) is 10.6 Å². The van der Waals surface area contributed by atoms with Gasteiger partial charge in [-0.05, 0) is 74.3 Å². The Hall–Kier alpha value is -1.39. The van der Waals surface area contributed by atoms with Crippen molar-refractivity contribution >= 4 is 5.91 Å². The lowest BCUT2D eigenvalue weighted by molar-refractivity contribution is -0.149. The van der Waals surface area contributed by atoms with Gasteiger partial charge >= 0.3 is 0 Å². The summed E-state index contributed by atoms with van der Waals surface area (Å²) in [7, 11) is 0. The molecule has 5 aliphatic rings. The minimum absolute atomic E-state index is 0.183. The van der Waals surface area contributed by atoms with E-state index in [1.165, 1.54) is 24.8 Å². The van der Waals surface area contributed by atoms with Crippen LogP contribution >= 0.6 is 0 Å². The molecule has 4 heteroatoms. The van der Waals surface area contributed by atoms with Gasteiger partial charge in [-0.1, -0.05) is 30.3 Å². The predicted octanol–water partition coefficient (Wildman–Crippen LogP) is 2.61. The minimum Gasteiger partial charge on any atom is -0.391 e. The van der Waals surface area contributed by atoms with Crippen LogP contribution < -0.4 is 10.6 Å². The number of rotatable bonds is 4. The van der Waals surface area contributed by atoms with Crippen LogP contribution in [0.3, 0.4) is 0 Å². The molecule has 1 aliphatic heterocycles. The number of hydrogen-bond acceptors (Lipinski definition) is 3. The van der Waals surface area contributed by atoms with E-state index in [0.29, 0.717) is 24.9 Å². The molecule has 146 valence electrons. The van der Waals surface area contributed by atoms with E-state index in [-0.39, 0.29) is 28.8 Å². The van der Waals surface area contributed by atoms with Gasteiger partial charge in [0.2, 0.25) is 5.91 Å². The number of nitrogens with one attached hydrogen (secondary N) is 2. The molecule has 0 radical (unpaired) electrons. The summed E-state index contributed by atoms with van der Waals surface area (Å²) in [4.78, 5) is 13.4. The molecule has 4 aliphatic carbocycles. The molecule has 4 nitrogen and oxygen atoms in total. The van der Waals surface area contributed by atoms with Gasteiger partial charge in [0.25, 0.3) is 0 Å². The van der Waals surface area contributed by atoms with Gasteiger partial charge < -0.3 is 15.7 Å². The van der Waals surface area contributed by atoms with Gasteiger partial charge in [0.1, 0.15) is 0 Å². The highest BCUT2D eigenvalue weighted by atomic mass is 16.3. The average Bonchev–Trinajstić information content (AvgIpc) is 2.67. The number of β-amino-alcohol motifs (C(OH)–C–C–N with tert-alkyl or cyclic N) is 1. The molecule has 0 spiro atoms. The Balaban J connectivity index is 1.35. The third-order valence-electron chi connectivity index (χ3n) is 8.04. The Morgan fingerprint density at radius 1 is 1.15 bits per heavy atom. The summed E-state index contributed by atoms with van der Waals surface area (Å²) in [6.07, 6.45) is 7.58. The highest BCUT2D eigenvalue weighted by Crippen LogP contribution is 2.65. The van der Waals surface area contributed by atoms with Crippen LogP contribution in [-0.2, 0) is 10.2 Å². The van der Waals surface area contributed by atoms with Gasteiger partial charge in [-0.25, -0.2) is 0 Å². The second-order valence-electron chi connectivity index (χ2n) is 9.92. The normalized spacial score (nSPS) is 42.9. The molecule has 0 unspecified atom stereocenters. The van der Waals surface area contributed by atoms with Gasteiger partial charge in [-0.3, -0.25) is 4.79 Å². The fraction of sp³-hybridized carbons (Fsp3) is 0.696. The Labute approximate surface area is 162 Å². The molecule has 1 amide bonds. The van der Waals surface area contributed by atoms with Crippen molar-refractivity contribution in [2.45, 2.75) is 56.5 Å². The van der Waals surface area contributed by atoms with Crippen molar-refractivity contribution in [3.8, 4) is 0 Å². The van der Waals surface area contributed by atoms with Crippen LogP contribution in [0.5, 0.6) is 0 Å². The summed E-state index contributed by atoms with van der Waals surface area (Å²) in [5, 5.41) is 16.7. The first-order valence-electron chi connectivity index (χ1n) is 10.8. The molecule has 3 N–H and O–H groups in total. The van der Waals surface area contributed by atoms with E-state index in [1.807, 2.05) is 0 Å². The van der Waals surface area contributed by atoms with Crippen LogP contribution in [0.25, 0.3) is 0 Å². The lowest BCUT2D eigenvalue weighted by atomic mass is 9.42. The molecule has 27 heavy (non-hydrogen) atoms. The summed E-state index contributed by atoms with van der Waals surface area (Å²) in [5.41, 5.74) is 1.47. The van der Waals surface area contributed by atoms with Gasteiger partial charge in [-0.2, -0.15) is 0 Å². The first-order valence-corrected chi connectivity index (χ1v) is 10.8. The van der Waals surface area contributed by atoms with E-state index >= 15 is 0 Å². The van der Waals surface area contributed by atoms with E-state index in [4.69, 9.17) is 0 Å². The standard InChI is InChI=1S/C23H32N2O2/c26-20-14-24-7-6-18(20)13-25-21(27)23-11-16-8-17(12-23)10-22(9-16,15-23)19-4-2-1-3-5-19/h1-5,16-18,20,24,26H,6-15H2,(H,25,27)/t16-,17-,18+,20-,22?,23?/m1/s1. The lowest BCUT2D eigenvalue weighted by Crippen LogP contribution is -2.59.